The third kappa shape index (κ3) is 27.4. The van der Waals surface area contributed by atoms with Crippen LogP contribution in [0.3, 0.4) is 0 Å². The van der Waals surface area contributed by atoms with Gasteiger partial charge in [0.1, 0.15) is 24.7 Å². The summed E-state index contributed by atoms with van der Waals surface area (Å²) < 4.78 is 17.5. The van der Waals surface area contributed by atoms with Crippen molar-refractivity contribution in [2.24, 2.45) is 46.4 Å². The number of unbranched alkanes of at least 4 members (excludes halogenated alkanes) is 3. The second kappa shape index (κ2) is 39.3. The van der Waals surface area contributed by atoms with Crippen LogP contribution in [-0.4, -0.2) is 213 Å². The molecule has 0 aliphatic carbocycles. The minimum atomic E-state index is -2.53. The van der Waals surface area contributed by atoms with E-state index in [0.717, 1.165) is 43.8 Å². The van der Waals surface area contributed by atoms with Crippen molar-refractivity contribution in [3.8, 4) is 0 Å². The molecule has 23 nitrogen and oxygen atoms in total. The molecule has 2 aliphatic rings. The number of carbonyl (C=O) groups excluding carboxylic acids is 2. The van der Waals surface area contributed by atoms with E-state index in [1.54, 1.807) is 79.9 Å². The molecule has 1 saturated heterocycles. The van der Waals surface area contributed by atoms with Crippen molar-refractivity contribution < 1.29 is 100 Å². The Balaban J connectivity index is 2.49. The molecular weight excluding hydrogens is 1120 g/mol. The van der Waals surface area contributed by atoms with Crippen LogP contribution in [0.25, 0.3) is 0 Å². The zero-order valence-electron chi connectivity index (χ0n) is 52.8. The largest absolute Gasteiger partial charge is 0.481 e. The van der Waals surface area contributed by atoms with Gasteiger partial charge in [0, 0.05) is 70.0 Å². The van der Waals surface area contributed by atoms with Crippen LogP contribution in [0.4, 0.5) is 0 Å². The first-order valence-electron chi connectivity index (χ1n) is 31.0. The summed E-state index contributed by atoms with van der Waals surface area (Å²) in [5.41, 5.74) is 1.49. The summed E-state index contributed by atoms with van der Waals surface area (Å²) >= 11 is 0. The van der Waals surface area contributed by atoms with Gasteiger partial charge >= 0.3 is 17.9 Å². The summed E-state index contributed by atoms with van der Waals surface area (Å²) in [6.07, 6.45) is -8.28. The molecule has 0 radical (unpaired) electrons. The Bertz CT molecular complexity index is 2150. The highest BCUT2D eigenvalue weighted by molar-refractivity contribution is 5.90. The molecule has 1 fully saturated rings. The topological polar surface area (TPSA) is 399 Å². The molecule has 16 N–H and O–H groups in total. The maximum Gasteiger partial charge on any atom is 0.317 e. The highest BCUT2D eigenvalue weighted by Crippen LogP contribution is 2.36. The Labute approximate surface area is 510 Å². The Hall–Kier alpha value is -3.92. The number of hydrogen-bond donors (Lipinski definition) is 16. The molecular formula is C63H111N3O20. The molecule has 498 valence electrons. The first-order valence-corrected chi connectivity index (χ1v) is 31.0. The number of cyclic esters (lactones) is 1. The number of guanidine groups is 1. The molecule has 0 spiro atoms. The smallest absolute Gasteiger partial charge is 0.317 e. The maximum absolute atomic E-state index is 14.0. The van der Waals surface area contributed by atoms with Gasteiger partial charge in [-0.15, -0.1) is 0 Å². The standard InChI is InChI=1S/C63H111N3O20/c1-35(18-14-12-13-17-25-66-62(64-10)65-11)26-39(5)59-38(4)19-15-16-20-48(69)40(6)51(72)30-45(68)28-46(84-57(79)33-56(77)78)27-44(67)29-47-31-54(75)60(81)63(83,86-47)34-55(76)36(2)21-23-49(70)41(7)52(73)32-53(74)42(8)50(71)24-22-37(3)58(80)43(9)61(82)85-59/h15-16,18-20,22,36,38-55,58-60,67-76,80-81,83H,12-14,17,21,23-34H2,1-11H3,(H,77,78)(H2,64,65,66)/b19-15+,20-16+,35-18+,37-22+/t36-,38+,39+,40+,41-,42+,43-,44-,45-,46+,47-,48+,49+,50+,51+,52+,53-,54+,55+,58+,59+,60-,63-/m1/s1. The average molecular weight is 1230 g/mol. The van der Waals surface area contributed by atoms with Crippen molar-refractivity contribution in [3.63, 3.8) is 0 Å². The van der Waals surface area contributed by atoms with Crippen molar-refractivity contribution in [1.82, 2.24) is 10.6 Å². The lowest BCUT2D eigenvalue weighted by Gasteiger charge is -2.45. The van der Waals surface area contributed by atoms with E-state index < -0.39 is 176 Å². The van der Waals surface area contributed by atoms with Gasteiger partial charge < -0.3 is 96.3 Å². The minimum Gasteiger partial charge on any atom is -0.481 e. The number of aliphatic hydroxyl groups excluding tert-OH is 12. The number of fused-ring (bicyclic) bond motifs is 2. The summed E-state index contributed by atoms with van der Waals surface area (Å²) in [6.45, 7) is 16.2. The van der Waals surface area contributed by atoms with Crippen molar-refractivity contribution in [2.75, 3.05) is 20.6 Å². The molecule has 2 heterocycles. The van der Waals surface area contributed by atoms with Gasteiger partial charge in [-0.25, -0.2) is 0 Å². The number of carboxylic acids is 1. The Morgan fingerprint density at radius 2 is 1.37 bits per heavy atom. The fourth-order valence-electron chi connectivity index (χ4n) is 11.2. The van der Waals surface area contributed by atoms with Crippen LogP contribution in [0.1, 0.15) is 165 Å². The number of nitrogens with one attached hydrogen (secondary N) is 2. The minimum absolute atomic E-state index is 0.0103. The lowest BCUT2D eigenvalue weighted by Crippen LogP contribution is -2.59. The van der Waals surface area contributed by atoms with Gasteiger partial charge in [0.25, 0.3) is 0 Å². The normalized spacial score (nSPS) is 39.4. The number of esters is 2. The molecule has 23 heteroatoms. The van der Waals surface area contributed by atoms with Crippen molar-refractivity contribution in [1.29, 1.82) is 0 Å². The fourth-order valence-corrected chi connectivity index (χ4v) is 11.2. The van der Waals surface area contributed by atoms with Crippen LogP contribution in [-0.2, 0) is 28.6 Å². The zero-order valence-corrected chi connectivity index (χ0v) is 52.8. The molecule has 86 heavy (non-hydrogen) atoms. The van der Waals surface area contributed by atoms with E-state index in [9.17, 15) is 85.9 Å². The second-order valence-corrected chi connectivity index (χ2v) is 25.0. The number of aliphatic imine (C=N–C) groups is 1. The van der Waals surface area contributed by atoms with E-state index in [4.69, 9.17) is 14.2 Å². The molecule has 0 unspecified atom stereocenters. The monoisotopic (exact) mass is 1230 g/mol. The summed E-state index contributed by atoms with van der Waals surface area (Å²) in [7, 11) is 3.52. The molecule has 2 bridgehead atoms. The molecule has 2 rings (SSSR count). The lowest BCUT2D eigenvalue weighted by atomic mass is 9.83. The van der Waals surface area contributed by atoms with E-state index >= 15 is 0 Å². The predicted octanol–water partition coefficient (Wildman–Crippen LogP) is 2.82. The first kappa shape index (κ1) is 78.2. The third-order valence-corrected chi connectivity index (χ3v) is 17.5. The van der Waals surface area contributed by atoms with Crippen LogP contribution in [0.2, 0.25) is 0 Å². The lowest BCUT2D eigenvalue weighted by molar-refractivity contribution is -0.333. The summed E-state index contributed by atoms with van der Waals surface area (Å²) in [5, 5.41) is 161. The van der Waals surface area contributed by atoms with Crippen LogP contribution in [0.15, 0.2) is 52.6 Å². The van der Waals surface area contributed by atoms with E-state index in [1.807, 2.05) is 20.8 Å². The van der Waals surface area contributed by atoms with Crippen LogP contribution < -0.4 is 10.6 Å². The van der Waals surface area contributed by atoms with E-state index in [-0.39, 0.29) is 50.9 Å². The van der Waals surface area contributed by atoms with Crippen molar-refractivity contribution >= 4 is 23.9 Å². The van der Waals surface area contributed by atoms with E-state index in [1.165, 1.54) is 6.08 Å². The number of nitrogens with zero attached hydrogens (tertiary/aromatic N) is 1. The number of allylic oxidation sites excluding steroid dienone is 4. The highest BCUT2D eigenvalue weighted by Gasteiger charge is 2.50. The zero-order chi connectivity index (χ0) is 65.2. The number of hydrogen-bond acceptors (Lipinski definition) is 20. The number of aliphatic carboxylic acids is 1. The summed E-state index contributed by atoms with van der Waals surface area (Å²) in [4.78, 5) is 42.1. The number of carbonyl (C=O) groups is 3. The van der Waals surface area contributed by atoms with Crippen LogP contribution >= 0.6 is 0 Å². The number of ether oxygens (including phenoxy) is 3. The predicted molar refractivity (Wildman–Crippen MR) is 324 cm³/mol. The molecule has 0 saturated carbocycles. The Morgan fingerprint density at radius 3 is 1.99 bits per heavy atom. The molecule has 0 aromatic rings. The van der Waals surface area contributed by atoms with Gasteiger partial charge in [0.15, 0.2) is 11.7 Å². The maximum atomic E-state index is 14.0. The number of carboxylic acid groups (broad SMARTS) is 1. The van der Waals surface area contributed by atoms with E-state index in [2.05, 4.69) is 21.7 Å². The molecule has 2 aliphatic heterocycles. The third-order valence-electron chi connectivity index (χ3n) is 17.5. The molecule has 0 aromatic heterocycles. The summed E-state index contributed by atoms with van der Waals surface area (Å²) in [5.74, 6) is -9.85. The Morgan fingerprint density at radius 1 is 0.767 bits per heavy atom. The molecule has 23 atom stereocenters. The quantitative estimate of drug-likeness (QED) is 0.0333. The molecule has 0 aromatic carbocycles. The van der Waals surface area contributed by atoms with Gasteiger partial charge in [-0.3, -0.25) is 19.4 Å². The van der Waals surface area contributed by atoms with Crippen LogP contribution in [0.5, 0.6) is 0 Å². The van der Waals surface area contributed by atoms with Gasteiger partial charge in [-0.1, -0.05) is 90.0 Å². The van der Waals surface area contributed by atoms with Crippen molar-refractivity contribution in [3.05, 3.63) is 47.6 Å². The van der Waals surface area contributed by atoms with Gasteiger partial charge in [-0.2, -0.15) is 0 Å². The summed E-state index contributed by atoms with van der Waals surface area (Å²) in [6, 6.07) is 0. The average Bonchev–Trinajstić information content (AvgIpc) is 1.27. The SMILES string of the molecule is CN=C(NC)NCCCCC/C=C(\C)C[C@H](C)[C@H]1OC(=O)[C@H](C)[C@@H](O)/C(C)=C/C[C@H](O)[C@H](C)[C@H](O)C[C@H](O)[C@H](C)[C@@H](O)CC[C@@H](C)[C@@H](O)C[C@@]2(O)O[C@H](C[C@H](O)C[C@H](OC(=O)CC(=O)O)C[C@@H](O)C[C@H](O)[C@@H](C)[C@@H](O)/C=C/C=C/[C@@H]1C)C[C@H](O)[C@H]2O. The van der Waals surface area contributed by atoms with Gasteiger partial charge in [0.2, 0.25) is 0 Å². The van der Waals surface area contributed by atoms with Crippen LogP contribution in [0, 0.1) is 41.4 Å². The number of aliphatic hydroxyl groups is 13. The Kier molecular flexibility index (Phi) is 35.7. The second-order valence-electron chi connectivity index (χ2n) is 25.0. The molecule has 0 amide bonds. The highest BCUT2D eigenvalue weighted by atomic mass is 16.7. The number of rotatable bonds is 12. The van der Waals surface area contributed by atoms with Gasteiger partial charge in [-0.05, 0) is 102 Å². The fraction of sp³-hybridized carbons (Fsp3) is 0.810. The van der Waals surface area contributed by atoms with Crippen molar-refractivity contribution in [2.45, 2.75) is 262 Å². The first-order chi connectivity index (χ1) is 40.2. The van der Waals surface area contributed by atoms with Gasteiger partial charge in [0.05, 0.1) is 79.2 Å². The van der Waals surface area contributed by atoms with E-state index in [0.29, 0.717) is 12.0 Å².